The Bertz CT molecular complexity index is 495. The van der Waals surface area contributed by atoms with Gasteiger partial charge in [-0.3, -0.25) is 0 Å². The number of sulfonamides is 1. The largest absolute Gasteiger partial charge is 0.309 e. The molecular formula is C12H20N2O2S3. The average molecular weight is 321 g/mol. The van der Waals surface area contributed by atoms with Crippen LogP contribution in [-0.2, 0) is 16.6 Å². The average Bonchev–Trinajstić information content (AvgIpc) is 3.08. The summed E-state index contributed by atoms with van der Waals surface area (Å²) in [5, 5.41) is 3.39. The molecule has 0 aromatic carbocycles. The Hall–Kier alpha value is -0.0800. The Morgan fingerprint density at radius 1 is 1.42 bits per heavy atom. The minimum absolute atomic E-state index is 0.421. The number of rotatable bonds is 9. The van der Waals surface area contributed by atoms with Crippen molar-refractivity contribution in [2.45, 2.75) is 36.1 Å². The van der Waals surface area contributed by atoms with Gasteiger partial charge in [0.1, 0.15) is 4.21 Å². The monoisotopic (exact) mass is 320 g/mol. The lowest BCUT2D eigenvalue weighted by Crippen LogP contribution is -2.24. The Morgan fingerprint density at radius 3 is 2.89 bits per heavy atom. The van der Waals surface area contributed by atoms with Crippen LogP contribution in [0.2, 0.25) is 0 Å². The molecule has 0 spiro atoms. The first kappa shape index (κ1) is 15.3. The zero-order chi connectivity index (χ0) is 13.7. The van der Waals surface area contributed by atoms with Crippen LogP contribution in [0.15, 0.2) is 16.3 Å². The van der Waals surface area contributed by atoms with E-state index in [1.807, 2.05) is 12.3 Å². The van der Waals surface area contributed by atoms with Crippen molar-refractivity contribution in [1.29, 1.82) is 0 Å². The van der Waals surface area contributed by atoms with E-state index >= 15 is 0 Å². The molecule has 1 aliphatic rings. The molecule has 4 nitrogen and oxygen atoms in total. The molecule has 19 heavy (non-hydrogen) atoms. The van der Waals surface area contributed by atoms with Crippen LogP contribution in [-0.4, -0.2) is 33.0 Å². The van der Waals surface area contributed by atoms with E-state index < -0.39 is 10.0 Å². The molecule has 1 aromatic rings. The second-order valence-corrected chi connectivity index (χ2v) is 8.77. The molecule has 0 saturated heterocycles. The molecule has 0 unspecified atom stereocenters. The quantitative estimate of drug-likeness (QED) is 0.684. The topological polar surface area (TPSA) is 58.2 Å². The van der Waals surface area contributed by atoms with Crippen LogP contribution < -0.4 is 10.0 Å². The maximum Gasteiger partial charge on any atom is 0.250 e. The molecule has 0 bridgehead atoms. The second-order valence-electron chi connectivity index (χ2n) is 4.62. The fourth-order valence-electron chi connectivity index (χ4n) is 1.62. The Balaban J connectivity index is 1.84. The summed E-state index contributed by atoms with van der Waals surface area (Å²) in [6.07, 6.45) is 5.37. The Kier molecular flexibility index (Phi) is 5.70. The molecule has 0 amide bonds. The lowest BCUT2D eigenvalue weighted by Gasteiger charge is -2.03. The highest BCUT2D eigenvalue weighted by atomic mass is 32.2. The minimum atomic E-state index is -3.31. The molecule has 1 fully saturated rings. The van der Waals surface area contributed by atoms with E-state index in [0.717, 1.165) is 23.6 Å². The molecular weight excluding hydrogens is 300 g/mol. The standard InChI is InChI=1S/C12H20N2O2S3/c1-17-8-2-7-14-19(15,16)12-6-5-11(18-12)9-13-10-3-4-10/h5-6,10,13-14H,2-4,7-9H2,1H3. The first-order valence-electron chi connectivity index (χ1n) is 6.42. The summed E-state index contributed by atoms with van der Waals surface area (Å²) in [5.41, 5.74) is 0. The fraction of sp³-hybridized carbons (Fsp3) is 0.667. The fourth-order valence-corrected chi connectivity index (χ4v) is 4.48. The molecule has 2 rings (SSSR count). The van der Waals surface area contributed by atoms with Gasteiger partial charge in [-0.05, 0) is 43.4 Å². The van der Waals surface area contributed by atoms with Gasteiger partial charge in [-0.25, -0.2) is 13.1 Å². The van der Waals surface area contributed by atoms with E-state index in [2.05, 4.69) is 10.0 Å². The van der Waals surface area contributed by atoms with Crippen LogP contribution in [0.1, 0.15) is 24.1 Å². The predicted octanol–water partition coefficient (Wildman–Crippen LogP) is 2.03. The van der Waals surface area contributed by atoms with Gasteiger partial charge in [0.05, 0.1) is 0 Å². The SMILES string of the molecule is CSCCCNS(=O)(=O)c1ccc(CNC2CC2)s1. The van der Waals surface area contributed by atoms with Crippen molar-refractivity contribution >= 4 is 33.1 Å². The normalized spacial score (nSPS) is 15.8. The predicted molar refractivity (Wildman–Crippen MR) is 82.4 cm³/mol. The van der Waals surface area contributed by atoms with Crippen molar-refractivity contribution in [3.63, 3.8) is 0 Å². The van der Waals surface area contributed by atoms with E-state index in [0.29, 0.717) is 16.8 Å². The molecule has 1 aromatic heterocycles. The van der Waals surface area contributed by atoms with E-state index in [9.17, 15) is 8.42 Å². The van der Waals surface area contributed by atoms with Crippen LogP contribution >= 0.6 is 23.1 Å². The van der Waals surface area contributed by atoms with E-state index in [1.54, 1.807) is 17.8 Å². The highest BCUT2D eigenvalue weighted by molar-refractivity contribution is 7.98. The van der Waals surface area contributed by atoms with Gasteiger partial charge < -0.3 is 5.32 Å². The number of nitrogens with one attached hydrogen (secondary N) is 2. The van der Waals surface area contributed by atoms with Crippen molar-refractivity contribution in [3.8, 4) is 0 Å². The number of thioether (sulfide) groups is 1. The molecule has 1 aliphatic carbocycles. The summed E-state index contributed by atoms with van der Waals surface area (Å²) >= 11 is 3.08. The third kappa shape index (κ3) is 5.07. The molecule has 108 valence electrons. The second kappa shape index (κ2) is 7.08. The van der Waals surface area contributed by atoms with Gasteiger partial charge in [-0.1, -0.05) is 0 Å². The van der Waals surface area contributed by atoms with Gasteiger partial charge in [0.25, 0.3) is 0 Å². The van der Waals surface area contributed by atoms with E-state index in [-0.39, 0.29) is 0 Å². The van der Waals surface area contributed by atoms with Gasteiger partial charge in [-0.15, -0.1) is 11.3 Å². The third-order valence-electron chi connectivity index (χ3n) is 2.86. The molecule has 0 atom stereocenters. The smallest absolute Gasteiger partial charge is 0.250 e. The minimum Gasteiger partial charge on any atom is -0.309 e. The molecule has 0 radical (unpaired) electrons. The van der Waals surface area contributed by atoms with Gasteiger partial charge in [0.15, 0.2) is 0 Å². The van der Waals surface area contributed by atoms with Gasteiger partial charge in [0.2, 0.25) is 10.0 Å². The highest BCUT2D eigenvalue weighted by Gasteiger charge is 2.21. The van der Waals surface area contributed by atoms with E-state index in [4.69, 9.17) is 0 Å². The highest BCUT2D eigenvalue weighted by Crippen LogP contribution is 2.24. The molecule has 1 heterocycles. The number of thiophene rings is 1. The van der Waals surface area contributed by atoms with Crippen molar-refractivity contribution in [2.24, 2.45) is 0 Å². The molecule has 7 heteroatoms. The number of hydrogen-bond acceptors (Lipinski definition) is 5. The maximum absolute atomic E-state index is 12.0. The third-order valence-corrected chi connectivity index (χ3v) is 6.60. The van der Waals surface area contributed by atoms with Crippen molar-refractivity contribution in [3.05, 3.63) is 17.0 Å². The van der Waals surface area contributed by atoms with Gasteiger partial charge in [0, 0.05) is 24.0 Å². The summed E-state index contributed by atoms with van der Waals surface area (Å²) < 4.78 is 27.1. The van der Waals surface area contributed by atoms with Gasteiger partial charge in [-0.2, -0.15) is 11.8 Å². The zero-order valence-corrected chi connectivity index (χ0v) is 13.5. The van der Waals surface area contributed by atoms with Crippen LogP contribution in [0.25, 0.3) is 0 Å². The lowest BCUT2D eigenvalue weighted by molar-refractivity contribution is 0.583. The zero-order valence-electron chi connectivity index (χ0n) is 11.0. The molecule has 2 N–H and O–H groups in total. The summed E-state index contributed by atoms with van der Waals surface area (Å²) in [5.74, 6) is 0.976. The number of hydrogen-bond donors (Lipinski definition) is 2. The molecule has 1 saturated carbocycles. The molecule has 0 aliphatic heterocycles. The van der Waals surface area contributed by atoms with Crippen LogP contribution in [0.4, 0.5) is 0 Å². The van der Waals surface area contributed by atoms with E-state index in [1.165, 1.54) is 24.2 Å². The Morgan fingerprint density at radius 2 is 2.21 bits per heavy atom. The summed E-state index contributed by atoms with van der Waals surface area (Å²) in [6.45, 7) is 1.29. The van der Waals surface area contributed by atoms with Gasteiger partial charge >= 0.3 is 0 Å². The summed E-state index contributed by atoms with van der Waals surface area (Å²) in [6, 6.07) is 4.24. The first-order valence-corrected chi connectivity index (χ1v) is 10.1. The maximum atomic E-state index is 12.0. The van der Waals surface area contributed by atoms with Crippen LogP contribution in [0, 0.1) is 0 Å². The van der Waals surface area contributed by atoms with Crippen molar-refractivity contribution in [1.82, 2.24) is 10.0 Å². The van der Waals surface area contributed by atoms with Crippen molar-refractivity contribution < 1.29 is 8.42 Å². The Labute approximate surface area is 123 Å². The van der Waals surface area contributed by atoms with Crippen molar-refractivity contribution in [2.75, 3.05) is 18.6 Å². The summed E-state index contributed by atoms with van der Waals surface area (Å²) in [4.78, 5) is 1.08. The lowest BCUT2D eigenvalue weighted by atomic mass is 10.4. The summed E-state index contributed by atoms with van der Waals surface area (Å²) in [7, 11) is -3.31. The first-order chi connectivity index (χ1) is 9.12. The van der Waals surface area contributed by atoms with Crippen LogP contribution in [0.3, 0.4) is 0 Å². The van der Waals surface area contributed by atoms with Crippen LogP contribution in [0.5, 0.6) is 0 Å².